The van der Waals surface area contributed by atoms with E-state index in [0.29, 0.717) is 17.6 Å². The number of halogens is 1. The lowest BCUT2D eigenvalue weighted by Gasteiger charge is -2.30. The number of nitrogens with zero attached hydrogens (tertiary/aromatic N) is 6. The Kier molecular flexibility index (Phi) is 5.55. The second kappa shape index (κ2) is 7.69. The maximum absolute atomic E-state index is 5.49. The first-order chi connectivity index (χ1) is 12.1. The number of piperazine rings is 1. The van der Waals surface area contributed by atoms with Gasteiger partial charge in [-0.25, -0.2) is 9.67 Å². The largest absolute Gasteiger partial charge is 0.334 e. The van der Waals surface area contributed by atoms with Crippen LogP contribution in [0.1, 0.15) is 25.7 Å². The zero-order chi connectivity index (χ0) is 17.4. The summed E-state index contributed by atoms with van der Waals surface area (Å²) in [6, 6.07) is 2.14. The van der Waals surface area contributed by atoms with Gasteiger partial charge in [0.25, 0.3) is 5.89 Å². The molecule has 4 heterocycles. The van der Waals surface area contributed by atoms with E-state index in [4.69, 9.17) is 4.52 Å². The van der Waals surface area contributed by atoms with Gasteiger partial charge in [-0.05, 0) is 19.0 Å². The number of aromatic nitrogens is 5. The minimum atomic E-state index is 0. The van der Waals surface area contributed by atoms with Crippen molar-refractivity contribution in [2.45, 2.75) is 26.4 Å². The molecule has 1 atom stereocenters. The Morgan fingerprint density at radius 3 is 2.96 bits per heavy atom. The maximum Gasteiger partial charge on any atom is 0.259 e. The van der Waals surface area contributed by atoms with E-state index in [1.165, 1.54) is 0 Å². The van der Waals surface area contributed by atoms with Crippen LogP contribution in [-0.4, -0.2) is 56.5 Å². The van der Waals surface area contributed by atoms with Crippen LogP contribution in [0.4, 0.5) is 0 Å². The zero-order valence-electron chi connectivity index (χ0n) is 15.2. The number of hydrogen-bond donors (Lipinski definition) is 1. The predicted octanol–water partition coefficient (Wildman–Crippen LogP) is 2.14. The van der Waals surface area contributed by atoms with Crippen LogP contribution in [0, 0.1) is 5.92 Å². The Bertz CT molecular complexity index is 875. The molecule has 3 aromatic rings. The number of hydrogen-bond acceptors (Lipinski definition) is 7. The Balaban J connectivity index is 0.00000196. The minimum absolute atomic E-state index is 0. The highest BCUT2D eigenvalue weighted by molar-refractivity contribution is 5.85. The first-order valence-electron chi connectivity index (χ1n) is 8.68. The molecule has 3 aromatic heterocycles. The summed E-state index contributed by atoms with van der Waals surface area (Å²) in [5.41, 5.74) is 1.70. The quantitative estimate of drug-likeness (QED) is 0.745. The van der Waals surface area contributed by atoms with E-state index in [0.717, 1.165) is 42.8 Å². The molecular weight excluding hydrogens is 354 g/mol. The molecule has 0 spiro atoms. The van der Waals surface area contributed by atoms with Crippen molar-refractivity contribution in [3.8, 4) is 11.5 Å². The summed E-state index contributed by atoms with van der Waals surface area (Å²) in [7, 11) is 2.08. The summed E-state index contributed by atoms with van der Waals surface area (Å²) < 4.78 is 7.43. The molecule has 0 bridgehead atoms. The van der Waals surface area contributed by atoms with Gasteiger partial charge in [0.2, 0.25) is 0 Å². The van der Waals surface area contributed by atoms with Gasteiger partial charge in [-0.3, -0.25) is 4.90 Å². The molecule has 0 amide bonds. The first-order valence-corrected chi connectivity index (χ1v) is 8.68. The van der Waals surface area contributed by atoms with Crippen LogP contribution in [0.3, 0.4) is 0 Å². The van der Waals surface area contributed by atoms with Crippen molar-refractivity contribution in [2.24, 2.45) is 5.92 Å². The standard InChI is InChI=1S/C17H23N7O.ClH/c1-11(2)10-24-16-12(8-20-24)6-13(7-19-16)17-21-15(22-25-17)14-9-18-4-5-23(14)3;/h6-8,11,14,18H,4-5,9-10H2,1-3H3;1H. The van der Waals surface area contributed by atoms with E-state index >= 15 is 0 Å². The van der Waals surface area contributed by atoms with Crippen LogP contribution in [0.25, 0.3) is 22.5 Å². The molecule has 0 aliphatic carbocycles. The van der Waals surface area contributed by atoms with Crippen LogP contribution in [-0.2, 0) is 6.54 Å². The topological polar surface area (TPSA) is 84.9 Å². The van der Waals surface area contributed by atoms with Gasteiger partial charge in [-0.2, -0.15) is 10.1 Å². The van der Waals surface area contributed by atoms with Gasteiger partial charge < -0.3 is 9.84 Å². The average molecular weight is 378 g/mol. The average Bonchev–Trinajstić information content (AvgIpc) is 3.22. The van der Waals surface area contributed by atoms with Crippen LogP contribution in [0.2, 0.25) is 0 Å². The Hall–Kier alpha value is -2.03. The van der Waals surface area contributed by atoms with E-state index < -0.39 is 0 Å². The second-order valence-corrected chi connectivity index (χ2v) is 7.02. The fraction of sp³-hybridized carbons (Fsp3) is 0.529. The molecule has 4 rings (SSSR count). The molecule has 1 N–H and O–H groups in total. The summed E-state index contributed by atoms with van der Waals surface area (Å²) in [4.78, 5) is 11.4. The van der Waals surface area contributed by atoms with E-state index in [1.54, 1.807) is 6.20 Å². The van der Waals surface area contributed by atoms with Crippen molar-refractivity contribution >= 4 is 23.4 Å². The van der Waals surface area contributed by atoms with Gasteiger partial charge in [-0.15, -0.1) is 12.4 Å². The summed E-state index contributed by atoms with van der Waals surface area (Å²) in [5.74, 6) is 1.73. The van der Waals surface area contributed by atoms with E-state index in [-0.39, 0.29) is 18.4 Å². The number of rotatable bonds is 4. The highest BCUT2D eigenvalue weighted by Gasteiger charge is 2.25. The predicted molar refractivity (Wildman–Crippen MR) is 101 cm³/mol. The van der Waals surface area contributed by atoms with Gasteiger partial charge >= 0.3 is 0 Å². The second-order valence-electron chi connectivity index (χ2n) is 7.02. The summed E-state index contributed by atoms with van der Waals surface area (Å²) in [6.45, 7) is 7.96. The van der Waals surface area contributed by atoms with Crippen molar-refractivity contribution < 1.29 is 4.52 Å². The molecule has 1 saturated heterocycles. The summed E-state index contributed by atoms with van der Waals surface area (Å²) in [6.07, 6.45) is 3.62. The molecule has 1 aliphatic rings. The highest BCUT2D eigenvalue weighted by atomic mass is 35.5. The van der Waals surface area contributed by atoms with E-state index in [9.17, 15) is 0 Å². The van der Waals surface area contributed by atoms with Gasteiger partial charge in [0.15, 0.2) is 11.5 Å². The molecule has 1 fully saturated rings. The fourth-order valence-electron chi connectivity index (χ4n) is 3.15. The highest BCUT2D eigenvalue weighted by Crippen LogP contribution is 2.24. The van der Waals surface area contributed by atoms with Gasteiger partial charge in [0.05, 0.1) is 17.8 Å². The summed E-state index contributed by atoms with van der Waals surface area (Å²) >= 11 is 0. The van der Waals surface area contributed by atoms with E-state index in [2.05, 4.69) is 51.3 Å². The molecule has 0 radical (unpaired) electrons. The van der Waals surface area contributed by atoms with Gasteiger partial charge in [-0.1, -0.05) is 19.0 Å². The Morgan fingerprint density at radius 2 is 2.19 bits per heavy atom. The van der Waals surface area contributed by atoms with Gasteiger partial charge in [0, 0.05) is 37.8 Å². The van der Waals surface area contributed by atoms with Crippen molar-refractivity contribution in [1.29, 1.82) is 0 Å². The zero-order valence-corrected chi connectivity index (χ0v) is 16.0. The van der Waals surface area contributed by atoms with Crippen LogP contribution < -0.4 is 5.32 Å². The molecular formula is C17H24ClN7O. The lowest BCUT2D eigenvalue weighted by atomic mass is 10.2. The Morgan fingerprint density at radius 1 is 1.35 bits per heavy atom. The maximum atomic E-state index is 5.49. The van der Waals surface area contributed by atoms with Crippen molar-refractivity contribution in [3.63, 3.8) is 0 Å². The number of likely N-dealkylation sites (N-methyl/N-ethyl adjacent to an activating group) is 1. The summed E-state index contributed by atoms with van der Waals surface area (Å²) in [5, 5.41) is 13.0. The van der Waals surface area contributed by atoms with Crippen molar-refractivity contribution in [3.05, 3.63) is 24.3 Å². The number of fused-ring (bicyclic) bond motifs is 1. The smallest absolute Gasteiger partial charge is 0.259 e. The molecule has 140 valence electrons. The minimum Gasteiger partial charge on any atom is -0.334 e. The Labute approximate surface area is 158 Å². The van der Waals surface area contributed by atoms with Crippen LogP contribution in [0.5, 0.6) is 0 Å². The first kappa shape index (κ1) is 18.8. The van der Waals surface area contributed by atoms with Crippen LogP contribution >= 0.6 is 12.4 Å². The van der Waals surface area contributed by atoms with Crippen molar-refractivity contribution in [1.82, 2.24) is 35.1 Å². The molecule has 9 heteroatoms. The number of pyridine rings is 1. The fourth-order valence-corrected chi connectivity index (χ4v) is 3.15. The van der Waals surface area contributed by atoms with Gasteiger partial charge in [0.1, 0.15) is 0 Å². The number of nitrogens with one attached hydrogen (secondary N) is 1. The monoisotopic (exact) mass is 377 g/mol. The molecule has 0 saturated carbocycles. The molecule has 1 unspecified atom stereocenters. The van der Waals surface area contributed by atoms with Crippen LogP contribution in [0.15, 0.2) is 23.0 Å². The SMILES string of the molecule is CC(C)Cn1ncc2cc(-c3nc(C4CNCCN4C)no3)cnc21.Cl. The lowest BCUT2D eigenvalue weighted by molar-refractivity contribution is 0.190. The molecule has 26 heavy (non-hydrogen) atoms. The molecule has 0 aromatic carbocycles. The normalized spacial score (nSPS) is 18.4. The molecule has 8 nitrogen and oxygen atoms in total. The third kappa shape index (κ3) is 3.58. The van der Waals surface area contributed by atoms with Crippen molar-refractivity contribution in [2.75, 3.05) is 26.7 Å². The third-order valence-electron chi connectivity index (χ3n) is 4.51. The molecule has 1 aliphatic heterocycles. The third-order valence-corrected chi connectivity index (χ3v) is 4.51. The lowest BCUT2D eigenvalue weighted by Crippen LogP contribution is -2.44. The van der Waals surface area contributed by atoms with E-state index in [1.807, 2.05) is 16.9 Å².